The maximum Gasteiger partial charge on any atom is 0.0897 e. The van der Waals surface area contributed by atoms with Crippen molar-refractivity contribution in [3.63, 3.8) is 0 Å². The van der Waals surface area contributed by atoms with E-state index in [1.165, 1.54) is 10.9 Å². The Balaban J connectivity index is 1.99. The predicted octanol–water partition coefficient (Wildman–Crippen LogP) is 1.33. The highest BCUT2D eigenvalue weighted by molar-refractivity contribution is 5.84. The van der Waals surface area contributed by atoms with Gasteiger partial charge in [-0.25, -0.2) is 0 Å². The Labute approximate surface area is 107 Å². The lowest BCUT2D eigenvalue weighted by atomic mass is 10.1. The average molecular weight is 246 g/mol. The Morgan fingerprint density at radius 2 is 2.28 bits per heavy atom. The first kappa shape index (κ1) is 13.0. The summed E-state index contributed by atoms with van der Waals surface area (Å²) in [5.41, 5.74) is 1.21. The molecule has 0 aliphatic heterocycles. The number of nitrogens with zero attached hydrogens (tertiary/aromatic N) is 1. The fourth-order valence-electron chi connectivity index (χ4n) is 1.97. The van der Waals surface area contributed by atoms with Gasteiger partial charge >= 0.3 is 0 Å². The molecule has 1 heterocycles. The van der Waals surface area contributed by atoms with Gasteiger partial charge in [0.1, 0.15) is 0 Å². The van der Waals surface area contributed by atoms with Gasteiger partial charge in [0.05, 0.1) is 12.7 Å². The molecular formula is C14H18N2O2. The van der Waals surface area contributed by atoms with E-state index >= 15 is 0 Å². The zero-order valence-electron chi connectivity index (χ0n) is 10.5. The summed E-state index contributed by atoms with van der Waals surface area (Å²) in [4.78, 5) is 4.11. The van der Waals surface area contributed by atoms with Crippen LogP contribution >= 0.6 is 0 Å². The molecule has 0 fully saturated rings. The van der Waals surface area contributed by atoms with E-state index in [1.54, 1.807) is 13.3 Å². The topological polar surface area (TPSA) is 54.4 Å². The number of methoxy groups -OCH3 is 1. The van der Waals surface area contributed by atoms with Crippen molar-refractivity contribution in [2.75, 3.05) is 20.3 Å². The van der Waals surface area contributed by atoms with E-state index in [4.69, 9.17) is 4.74 Å². The number of benzene rings is 1. The highest BCUT2D eigenvalue weighted by Crippen LogP contribution is 2.16. The van der Waals surface area contributed by atoms with Crippen molar-refractivity contribution in [1.82, 2.24) is 10.3 Å². The summed E-state index contributed by atoms with van der Waals surface area (Å²) in [6.45, 7) is 1.60. The van der Waals surface area contributed by atoms with Gasteiger partial charge in [0.2, 0.25) is 0 Å². The smallest absolute Gasteiger partial charge is 0.0897 e. The number of fused-ring (bicyclic) bond motifs is 1. The number of aliphatic hydroxyl groups excluding tert-OH is 1. The van der Waals surface area contributed by atoms with Gasteiger partial charge in [0.15, 0.2) is 0 Å². The molecule has 2 N–H and O–H groups in total. The van der Waals surface area contributed by atoms with Crippen molar-refractivity contribution >= 4 is 10.8 Å². The van der Waals surface area contributed by atoms with E-state index in [0.29, 0.717) is 13.2 Å². The Morgan fingerprint density at radius 1 is 1.39 bits per heavy atom. The zero-order valence-corrected chi connectivity index (χ0v) is 10.5. The number of aromatic nitrogens is 1. The van der Waals surface area contributed by atoms with Crippen LogP contribution in [0.15, 0.2) is 36.7 Å². The van der Waals surface area contributed by atoms with Gasteiger partial charge in [0.25, 0.3) is 0 Å². The lowest BCUT2D eigenvalue weighted by Crippen LogP contribution is -2.29. The monoisotopic (exact) mass is 246 g/mol. The van der Waals surface area contributed by atoms with E-state index < -0.39 is 6.10 Å². The summed E-state index contributed by atoms with van der Waals surface area (Å²) in [5, 5.41) is 15.1. The van der Waals surface area contributed by atoms with E-state index in [9.17, 15) is 5.11 Å². The Bertz CT molecular complexity index is 497. The van der Waals surface area contributed by atoms with E-state index in [1.807, 2.05) is 24.4 Å². The minimum absolute atomic E-state index is 0.354. The fraction of sp³-hybridized carbons (Fsp3) is 0.357. The van der Waals surface area contributed by atoms with Crippen LogP contribution in [0, 0.1) is 0 Å². The van der Waals surface area contributed by atoms with E-state index in [-0.39, 0.29) is 0 Å². The van der Waals surface area contributed by atoms with Crippen LogP contribution < -0.4 is 5.32 Å². The van der Waals surface area contributed by atoms with Crippen molar-refractivity contribution in [2.45, 2.75) is 12.6 Å². The average Bonchev–Trinajstić information content (AvgIpc) is 2.39. The summed E-state index contributed by atoms with van der Waals surface area (Å²) in [6.07, 6.45) is 3.19. The first-order chi connectivity index (χ1) is 8.81. The number of ether oxygens (including phenoxy) is 1. The molecule has 96 valence electrons. The minimum Gasteiger partial charge on any atom is -0.389 e. The number of hydrogen-bond donors (Lipinski definition) is 2. The summed E-state index contributed by atoms with van der Waals surface area (Å²) in [6, 6.07) is 8.16. The van der Waals surface area contributed by atoms with E-state index in [0.717, 1.165) is 11.9 Å². The molecule has 0 aliphatic carbocycles. The molecule has 1 atom stereocenters. The molecule has 4 nitrogen and oxygen atoms in total. The second-order valence-electron chi connectivity index (χ2n) is 4.25. The molecule has 0 spiro atoms. The highest BCUT2D eigenvalue weighted by Gasteiger charge is 2.04. The molecule has 1 unspecified atom stereocenters. The quantitative estimate of drug-likeness (QED) is 0.807. The van der Waals surface area contributed by atoms with Gasteiger partial charge in [0, 0.05) is 38.0 Å². The lowest BCUT2D eigenvalue weighted by molar-refractivity contribution is 0.0644. The second kappa shape index (κ2) is 6.44. The predicted molar refractivity (Wildman–Crippen MR) is 71.3 cm³/mol. The molecule has 0 amide bonds. The van der Waals surface area contributed by atoms with Crippen molar-refractivity contribution in [3.8, 4) is 0 Å². The molecule has 0 saturated carbocycles. The molecule has 0 radical (unpaired) electrons. The largest absolute Gasteiger partial charge is 0.389 e. The molecular weight excluding hydrogens is 228 g/mol. The van der Waals surface area contributed by atoms with Crippen molar-refractivity contribution in [3.05, 3.63) is 42.2 Å². The summed E-state index contributed by atoms with van der Waals surface area (Å²) in [5.74, 6) is 0. The molecule has 1 aromatic heterocycles. The number of pyridine rings is 1. The maximum atomic E-state index is 9.54. The first-order valence-electron chi connectivity index (χ1n) is 6.00. The molecule has 2 aromatic rings. The van der Waals surface area contributed by atoms with Crippen LogP contribution in [0.4, 0.5) is 0 Å². The van der Waals surface area contributed by atoms with Crippen molar-refractivity contribution < 1.29 is 9.84 Å². The van der Waals surface area contributed by atoms with Gasteiger partial charge in [-0.1, -0.05) is 18.2 Å². The summed E-state index contributed by atoms with van der Waals surface area (Å²) < 4.78 is 4.88. The maximum absolute atomic E-state index is 9.54. The summed E-state index contributed by atoms with van der Waals surface area (Å²) in [7, 11) is 1.58. The zero-order chi connectivity index (χ0) is 12.8. The van der Waals surface area contributed by atoms with Gasteiger partial charge in [-0.05, 0) is 17.0 Å². The van der Waals surface area contributed by atoms with Crippen LogP contribution in [-0.2, 0) is 11.3 Å². The second-order valence-corrected chi connectivity index (χ2v) is 4.25. The van der Waals surface area contributed by atoms with Gasteiger partial charge in [-0.15, -0.1) is 0 Å². The molecule has 2 rings (SSSR count). The van der Waals surface area contributed by atoms with Crippen molar-refractivity contribution in [2.24, 2.45) is 0 Å². The molecule has 1 aromatic carbocycles. The molecule has 0 saturated heterocycles. The molecule has 18 heavy (non-hydrogen) atoms. The van der Waals surface area contributed by atoms with Crippen molar-refractivity contribution in [1.29, 1.82) is 0 Å². The number of rotatable bonds is 6. The van der Waals surface area contributed by atoms with Gasteiger partial charge in [-0.3, -0.25) is 4.98 Å². The summed E-state index contributed by atoms with van der Waals surface area (Å²) >= 11 is 0. The van der Waals surface area contributed by atoms with Crippen LogP contribution in [-0.4, -0.2) is 36.5 Å². The number of hydrogen-bond acceptors (Lipinski definition) is 4. The molecule has 0 bridgehead atoms. The molecule has 4 heteroatoms. The number of aliphatic hydroxyl groups is 1. The van der Waals surface area contributed by atoms with Crippen LogP contribution in [0.3, 0.4) is 0 Å². The van der Waals surface area contributed by atoms with Crippen LogP contribution in [0.2, 0.25) is 0 Å². The SMILES string of the molecule is COCC(O)CNCc1cccc2cnccc12. The van der Waals surface area contributed by atoms with Crippen LogP contribution in [0.25, 0.3) is 10.8 Å². The van der Waals surface area contributed by atoms with Gasteiger partial charge in [-0.2, -0.15) is 0 Å². The third kappa shape index (κ3) is 3.26. The molecule has 0 aliphatic rings. The Kier molecular flexibility index (Phi) is 4.64. The van der Waals surface area contributed by atoms with Gasteiger partial charge < -0.3 is 15.2 Å². The fourth-order valence-corrected chi connectivity index (χ4v) is 1.97. The third-order valence-corrected chi connectivity index (χ3v) is 2.83. The Hall–Kier alpha value is -1.49. The Morgan fingerprint density at radius 3 is 3.11 bits per heavy atom. The highest BCUT2D eigenvalue weighted by atomic mass is 16.5. The third-order valence-electron chi connectivity index (χ3n) is 2.83. The number of nitrogens with one attached hydrogen (secondary N) is 1. The minimum atomic E-state index is -0.466. The van der Waals surface area contributed by atoms with Crippen LogP contribution in [0.5, 0.6) is 0 Å². The lowest BCUT2D eigenvalue weighted by Gasteiger charge is -2.11. The first-order valence-corrected chi connectivity index (χ1v) is 6.00. The van der Waals surface area contributed by atoms with E-state index in [2.05, 4.69) is 16.4 Å². The normalized spacial score (nSPS) is 12.8. The van der Waals surface area contributed by atoms with Crippen LogP contribution in [0.1, 0.15) is 5.56 Å². The standard InChI is InChI=1S/C14H18N2O2/c1-18-10-13(17)9-16-8-12-4-2-3-11-7-15-6-5-14(11)12/h2-7,13,16-17H,8-10H2,1H3.